The summed E-state index contributed by atoms with van der Waals surface area (Å²) in [4.78, 5) is 66.2. The fourth-order valence-electron chi connectivity index (χ4n) is 14.2. The van der Waals surface area contributed by atoms with Crippen LogP contribution < -0.4 is 16.0 Å². The van der Waals surface area contributed by atoms with Gasteiger partial charge in [-0.25, -0.2) is 9.59 Å². The van der Waals surface area contributed by atoms with Crippen molar-refractivity contribution in [2.45, 2.75) is 218 Å². The molecule has 6 aliphatic rings. The zero-order chi connectivity index (χ0) is 58.1. The molecule has 3 aromatic rings. The molecule has 3 saturated heterocycles. The van der Waals surface area contributed by atoms with E-state index in [2.05, 4.69) is 101 Å². The van der Waals surface area contributed by atoms with Gasteiger partial charge in [0.25, 0.3) is 0 Å². The van der Waals surface area contributed by atoms with E-state index in [0.29, 0.717) is 39.0 Å². The van der Waals surface area contributed by atoms with Gasteiger partial charge >= 0.3 is 12.2 Å². The van der Waals surface area contributed by atoms with Crippen LogP contribution in [0.25, 0.3) is 0 Å². The molecule has 14 heteroatoms. The van der Waals surface area contributed by atoms with Gasteiger partial charge in [-0.2, -0.15) is 5.26 Å². The molecule has 14 nitrogen and oxygen atoms in total. The van der Waals surface area contributed by atoms with Crippen molar-refractivity contribution < 1.29 is 37.7 Å². The van der Waals surface area contributed by atoms with E-state index in [1.165, 1.54) is 33.4 Å². The van der Waals surface area contributed by atoms with Gasteiger partial charge in [-0.3, -0.25) is 14.4 Å². The van der Waals surface area contributed by atoms with E-state index in [9.17, 15) is 24.0 Å². The molecule has 0 aromatic heterocycles. The molecule has 0 saturated carbocycles. The number of benzene rings is 3. The number of amides is 5. The molecule has 3 atom stereocenters. The Balaban J connectivity index is 0.000000263. The highest BCUT2D eigenvalue weighted by atomic mass is 16.6. The van der Waals surface area contributed by atoms with E-state index < -0.39 is 11.2 Å². The average Bonchev–Trinajstić information content (AvgIpc) is 3.50. The van der Waals surface area contributed by atoms with Gasteiger partial charge in [0.05, 0.1) is 24.2 Å². The van der Waals surface area contributed by atoms with Gasteiger partial charge in [-0.05, 0) is 182 Å². The maximum absolute atomic E-state index is 12.4. The summed E-state index contributed by atoms with van der Waals surface area (Å²) in [7, 11) is 0. The van der Waals surface area contributed by atoms with E-state index >= 15 is 0 Å². The van der Waals surface area contributed by atoms with Crippen LogP contribution in [-0.2, 0) is 40.1 Å². The van der Waals surface area contributed by atoms with Gasteiger partial charge in [-0.15, -0.1) is 0 Å². The summed E-state index contributed by atoms with van der Waals surface area (Å²) in [6.45, 7) is 27.1. The van der Waals surface area contributed by atoms with Gasteiger partial charge in [0.1, 0.15) is 11.2 Å². The third kappa shape index (κ3) is 14.8. The summed E-state index contributed by atoms with van der Waals surface area (Å²) in [5, 5.41) is 18.5. The molecule has 3 fully saturated rings. The van der Waals surface area contributed by atoms with Crippen LogP contribution in [0, 0.1) is 16.7 Å². The fourth-order valence-corrected chi connectivity index (χ4v) is 14.2. The standard InChI is InChI=1S/C24H35N3O.2C21H30N2O3.3H2/c1-4-23(5-2,11-8-14-25)18-27-15-12-24(13-16-27)17-22(26-19(3)28)20-9-6-7-10-21(20)24;1-15(24)22-18-9-10-21(17-8-6-5-7-16(17)18)11-13-23(14-12-21)19(25)26-20(2,3)4;1-5-18(24)22-17-14-21(16-9-7-6-8-15(16)17)10-12-23(13-11-21)19(25)26-20(2,3)4;;;/h6-7,9-10,22H,4-5,8,11-13,15-18H2,1-3H3,(H,26,28);5-8,18H,9-14H2,1-4H3,(H,22,24);6-9,17H,5,10-14H2,1-4H3,(H,22,24);3*1H/t22-;18-;17-;;;/m000.../s1. The van der Waals surface area contributed by atoms with Crippen molar-refractivity contribution in [3.8, 4) is 6.07 Å². The second kappa shape index (κ2) is 25.9. The van der Waals surface area contributed by atoms with Crippen molar-refractivity contribution in [2.24, 2.45) is 5.41 Å². The first-order valence-electron chi connectivity index (χ1n) is 30.1. The number of carbonyl (C=O) groups excluding carboxylic acids is 5. The number of nitrogens with zero attached hydrogens (tertiary/aromatic N) is 4. The van der Waals surface area contributed by atoms with Crippen LogP contribution in [0.5, 0.6) is 0 Å². The summed E-state index contributed by atoms with van der Waals surface area (Å²) in [6, 6.07) is 28.3. The predicted octanol–water partition coefficient (Wildman–Crippen LogP) is 13.3. The number of fused-ring (bicyclic) bond motifs is 6. The first kappa shape index (κ1) is 61.7. The predicted molar refractivity (Wildman–Crippen MR) is 321 cm³/mol. The lowest BCUT2D eigenvalue weighted by atomic mass is 9.63. The monoisotopic (exact) mass is 1100 g/mol. The quantitative estimate of drug-likeness (QED) is 0.179. The van der Waals surface area contributed by atoms with Gasteiger partial charge in [-0.1, -0.05) is 93.6 Å². The first-order chi connectivity index (χ1) is 37.9. The summed E-state index contributed by atoms with van der Waals surface area (Å²) in [6.07, 6.45) is 13.9. The first-order valence-corrected chi connectivity index (χ1v) is 30.1. The van der Waals surface area contributed by atoms with Crippen molar-refractivity contribution in [1.29, 1.82) is 5.26 Å². The lowest BCUT2D eigenvalue weighted by molar-refractivity contribution is -0.122. The molecular formula is C66H101N7O7. The summed E-state index contributed by atoms with van der Waals surface area (Å²) in [5.74, 6) is 0.163. The minimum atomic E-state index is -0.471. The Morgan fingerprint density at radius 3 is 1.38 bits per heavy atom. The van der Waals surface area contributed by atoms with Crippen molar-refractivity contribution in [1.82, 2.24) is 30.7 Å². The SMILES string of the molecule is CC(=O)N[C@H]1CCC2(CCN(C(=O)OC(C)(C)C)CC2)c2ccccc21.CCC(=O)N[C@H]1CC2(CCN(C(=O)OC(C)(C)C)CC2)c2ccccc21.CCC(CC)(CCC#N)CN1CCC2(CC1)C[C@H](NC(C)=O)c1ccccc12.[HH].[HH].[HH]. The molecular weight excluding hydrogens is 1000 g/mol. The second-order valence-corrected chi connectivity index (χ2v) is 26.1. The average molecular weight is 1100 g/mol. The molecule has 3 N–H and O–H groups in total. The molecule has 0 radical (unpaired) electrons. The van der Waals surface area contributed by atoms with Crippen molar-refractivity contribution in [2.75, 3.05) is 45.8 Å². The maximum Gasteiger partial charge on any atom is 0.410 e. The Bertz CT molecular complexity index is 2690. The van der Waals surface area contributed by atoms with E-state index in [-0.39, 0.29) is 74.0 Å². The lowest BCUT2D eigenvalue weighted by Gasteiger charge is -2.47. The van der Waals surface area contributed by atoms with Gasteiger partial charge in [0.2, 0.25) is 17.7 Å². The minimum absolute atomic E-state index is 0. The molecule has 9 rings (SSSR count). The number of nitriles is 1. The molecule has 3 aliphatic heterocycles. The Morgan fingerprint density at radius 1 is 0.575 bits per heavy atom. The Kier molecular flexibility index (Phi) is 20.0. The highest BCUT2D eigenvalue weighted by molar-refractivity contribution is 5.76. The second-order valence-electron chi connectivity index (χ2n) is 26.1. The van der Waals surface area contributed by atoms with Gasteiger partial charge in [0.15, 0.2) is 0 Å². The highest BCUT2D eigenvalue weighted by Crippen LogP contribution is 2.53. The summed E-state index contributed by atoms with van der Waals surface area (Å²) in [5.41, 5.74) is 7.60. The zero-order valence-electron chi connectivity index (χ0n) is 50.4. The van der Waals surface area contributed by atoms with Gasteiger partial charge < -0.3 is 40.1 Å². The van der Waals surface area contributed by atoms with Crippen LogP contribution in [0.15, 0.2) is 72.8 Å². The Hall–Kier alpha value is -5.94. The smallest absolute Gasteiger partial charge is 0.410 e. The van der Waals surface area contributed by atoms with Crippen LogP contribution in [-0.4, -0.2) is 102 Å². The van der Waals surface area contributed by atoms with Crippen LogP contribution in [0.1, 0.15) is 228 Å². The van der Waals surface area contributed by atoms with Gasteiger partial charge in [0, 0.05) is 74.5 Å². The van der Waals surface area contributed by atoms with E-state index in [4.69, 9.17) is 14.7 Å². The minimum Gasteiger partial charge on any atom is -0.444 e. The number of hydrogen-bond acceptors (Lipinski definition) is 9. The number of nitrogens with one attached hydrogen (secondary N) is 3. The number of piperidine rings is 3. The van der Waals surface area contributed by atoms with Crippen LogP contribution in [0.3, 0.4) is 0 Å². The third-order valence-electron chi connectivity index (χ3n) is 18.6. The van der Waals surface area contributed by atoms with Crippen molar-refractivity contribution in [3.63, 3.8) is 0 Å². The molecule has 0 bridgehead atoms. The number of hydrogen-bond donors (Lipinski definition) is 3. The molecule has 0 unspecified atom stereocenters. The van der Waals surface area contributed by atoms with E-state index in [1.807, 2.05) is 70.4 Å². The maximum atomic E-state index is 12.4. The third-order valence-corrected chi connectivity index (χ3v) is 18.6. The molecule has 3 aromatic carbocycles. The molecule has 3 heterocycles. The fraction of sp³-hybridized carbons (Fsp3) is 0.636. The molecule has 3 spiro atoms. The Labute approximate surface area is 483 Å². The van der Waals surface area contributed by atoms with Crippen LogP contribution in [0.2, 0.25) is 0 Å². The topological polar surface area (TPSA) is 173 Å². The van der Waals surface area contributed by atoms with Crippen molar-refractivity contribution >= 4 is 29.9 Å². The summed E-state index contributed by atoms with van der Waals surface area (Å²) < 4.78 is 11.0. The number of rotatable bonds is 10. The largest absolute Gasteiger partial charge is 0.444 e. The molecule has 5 amide bonds. The van der Waals surface area contributed by atoms with Crippen LogP contribution in [0.4, 0.5) is 9.59 Å². The molecule has 80 heavy (non-hydrogen) atoms. The van der Waals surface area contributed by atoms with Crippen molar-refractivity contribution in [3.05, 3.63) is 106 Å². The number of likely N-dealkylation sites (tertiary alicyclic amines) is 3. The zero-order valence-corrected chi connectivity index (χ0v) is 50.4. The normalized spacial score (nSPS) is 21.5. The highest BCUT2D eigenvalue weighted by Gasteiger charge is 2.49. The lowest BCUT2D eigenvalue weighted by Crippen LogP contribution is -2.49. The molecule has 442 valence electrons. The van der Waals surface area contributed by atoms with E-state index in [0.717, 1.165) is 103 Å². The molecule has 3 aliphatic carbocycles. The Morgan fingerprint density at radius 2 is 0.963 bits per heavy atom. The number of carbonyl (C=O) groups is 5. The van der Waals surface area contributed by atoms with E-state index in [1.54, 1.807) is 13.8 Å². The summed E-state index contributed by atoms with van der Waals surface area (Å²) >= 11 is 0. The number of ether oxygens (including phenoxy) is 2. The van der Waals surface area contributed by atoms with Crippen LogP contribution >= 0.6 is 0 Å².